The summed E-state index contributed by atoms with van der Waals surface area (Å²) in [6.07, 6.45) is 0.957. The third-order valence-corrected chi connectivity index (χ3v) is 5.93. The van der Waals surface area contributed by atoms with Gasteiger partial charge in [0, 0.05) is 17.6 Å². The third-order valence-electron chi connectivity index (χ3n) is 3.55. The lowest BCUT2D eigenvalue weighted by atomic mass is 9.90. The molecule has 0 fully saturated rings. The van der Waals surface area contributed by atoms with Gasteiger partial charge >= 0.3 is 0 Å². The molecule has 1 aromatic carbocycles. The summed E-state index contributed by atoms with van der Waals surface area (Å²) >= 11 is 3.38. The molecule has 1 aromatic rings. The lowest BCUT2D eigenvalue weighted by Gasteiger charge is -2.27. The van der Waals surface area contributed by atoms with Crippen LogP contribution in [0.4, 0.5) is 0 Å². The first-order valence-corrected chi connectivity index (χ1v) is 8.28. The highest BCUT2D eigenvalue weighted by Crippen LogP contribution is 2.35. The molecule has 0 atom stereocenters. The first-order chi connectivity index (χ1) is 8.26. The number of hydrogen-bond donors (Lipinski definition) is 0. The average Bonchev–Trinajstić information content (AvgIpc) is 2.49. The van der Waals surface area contributed by atoms with Gasteiger partial charge in [-0.15, -0.1) is 0 Å². The van der Waals surface area contributed by atoms with Gasteiger partial charge in [-0.2, -0.15) is 4.31 Å². The summed E-state index contributed by atoms with van der Waals surface area (Å²) in [6, 6.07) is 5.37. The van der Waals surface area contributed by atoms with E-state index >= 15 is 0 Å². The zero-order valence-electron chi connectivity index (χ0n) is 10.9. The van der Waals surface area contributed by atoms with E-state index < -0.39 is 10.0 Å². The van der Waals surface area contributed by atoms with Gasteiger partial charge in [-0.05, 0) is 35.6 Å². The van der Waals surface area contributed by atoms with Crippen molar-refractivity contribution in [3.05, 3.63) is 28.2 Å². The Kier molecular flexibility index (Phi) is 3.60. The molecule has 0 radical (unpaired) electrons. The molecular weight excluding hydrogens is 314 g/mol. The molecule has 1 aliphatic rings. The van der Waals surface area contributed by atoms with Crippen molar-refractivity contribution in [1.29, 1.82) is 0 Å². The fraction of sp³-hybridized carbons (Fsp3) is 0.538. The maximum atomic E-state index is 12.4. The summed E-state index contributed by atoms with van der Waals surface area (Å²) in [6.45, 7) is 7.34. The Morgan fingerprint density at radius 2 is 2.06 bits per heavy atom. The Morgan fingerprint density at radius 3 is 2.67 bits per heavy atom. The molecule has 18 heavy (non-hydrogen) atoms. The number of sulfonamides is 1. The summed E-state index contributed by atoms with van der Waals surface area (Å²) < 4.78 is 27.3. The number of nitrogens with zero attached hydrogens (tertiary/aromatic N) is 1. The van der Waals surface area contributed by atoms with Gasteiger partial charge in [0.1, 0.15) is 0 Å². The van der Waals surface area contributed by atoms with E-state index in [0.717, 1.165) is 16.5 Å². The van der Waals surface area contributed by atoms with Crippen molar-refractivity contribution in [3.63, 3.8) is 0 Å². The predicted molar refractivity (Wildman–Crippen MR) is 75.8 cm³/mol. The second kappa shape index (κ2) is 4.62. The standard InChI is InChI=1S/C13H18BrNO2S/c1-4-13(2,3)9-15-8-10-7-11(14)5-6-12(10)18(15,16)17/h5-7H,4,8-9H2,1-3H3. The maximum absolute atomic E-state index is 12.4. The summed E-state index contributed by atoms with van der Waals surface area (Å²) in [5, 5.41) is 0. The van der Waals surface area contributed by atoms with Crippen LogP contribution in [0.1, 0.15) is 32.8 Å². The first-order valence-electron chi connectivity index (χ1n) is 6.05. The summed E-state index contributed by atoms with van der Waals surface area (Å²) in [4.78, 5) is 0.456. The van der Waals surface area contributed by atoms with Gasteiger partial charge in [0.05, 0.1) is 4.90 Å². The zero-order valence-corrected chi connectivity index (χ0v) is 13.3. The normalized spacial score (nSPS) is 18.9. The van der Waals surface area contributed by atoms with E-state index in [1.165, 1.54) is 0 Å². The zero-order chi connectivity index (χ0) is 13.6. The highest BCUT2D eigenvalue weighted by molar-refractivity contribution is 9.10. The Hall–Kier alpha value is -0.390. The van der Waals surface area contributed by atoms with Crippen LogP contribution in [0.15, 0.2) is 27.6 Å². The summed E-state index contributed by atoms with van der Waals surface area (Å²) in [5.41, 5.74) is 0.892. The fourth-order valence-corrected chi connectivity index (χ4v) is 4.28. The quantitative estimate of drug-likeness (QED) is 0.851. The molecule has 0 aliphatic carbocycles. The van der Waals surface area contributed by atoms with E-state index in [1.807, 2.05) is 6.07 Å². The van der Waals surface area contributed by atoms with Crippen molar-refractivity contribution in [2.45, 2.75) is 38.6 Å². The molecule has 0 spiro atoms. The number of fused-ring (bicyclic) bond motifs is 1. The summed E-state index contributed by atoms with van der Waals surface area (Å²) in [7, 11) is -3.29. The topological polar surface area (TPSA) is 37.4 Å². The van der Waals surface area contributed by atoms with E-state index in [4.69, 9.17) is 0 Å². The molecule has 0 aromatic heterocycles. The molecule has 0 saturated carbocycles. The Morgan fingerprint density at radius 1 is 1.39 bits per heavy atom. The minimum atomic E-state index is -3.29. The number of hydrogen-bond acceptors (Lipinski definition) is 2. The van der Waals surface area contributed by atoms with Crippen molar-refractivity contribution < 1.29 is 8.42 Å². The molecule has 0 saturated heterocycles. The maximum Gasteiger partial charge on any atom is 0.243 e. The molecule has 0 amide bonds. The molecule has 0 N–H and O–H groups in total. The first kappa shape index (κ1) is 14.0. The van der Waals surface area contributed by atoms with Crippen LogP contribution in [0, 0.1) is 5.41 Å². The summed E-state index contributed by atoms with van der Waals surface area (Å²) in [5.74, 6) is 0. The van der Waals surface area contributed by atoms with Gasteiger partial charge < -0.3 is 0 Å². The molecule has 2 rings (SSSR count). The van der Waals surface area contributed by atoms with Crippen LogP contribution in [0.25, 0.3) is 0 Å². The van der Waals surface area contributed by atoms with Crippen LogP contribution in [0.5, 0.6) is 0 Å². The lowest BCUT2D eigenvalue weighted by molar-refractivity contribution is 0.253. The predicted octanol–water partition coefficient (Wildman–Crippen LogP) is 3.39. The van der Waals surface area contributed by atoms with Gasteiger partial charge in [0.25, 0.3) is 0 Å². The second-order valence-corrected chi connectivity index (χ2v) is 8.36. The van der Waals surface area contributed by atoms with E-state index in [1.54, 1.807) is 16.4 Å². The van der Waals surface area contributed by atoms with Crippen molar-refractivity contribution in [3.8, 4) is 0 Å². The number of rotatable bonds is 3. The van der Waals surface area contributed by atoms with Crippen LogP contribution < -0.4 is 0 Å². The van der Waals surface area contributed by atoms with Crippen LogP contribution >= 0.6 is 15.9 Å². The van der Waals surface area contributed by atoms with Crippen LogP contribution in [0.2, 0.25) is 0 Å². The number of halogens is 1. The van der Waals surface area contributed by atoms with Gasteiger partial charge in [0.15, 0.2) is 0 Å². The molecule has 1 heterocycles. The number of benzene rings is 1. The van der Waals surface area contributed by atoms with Gasteiger partial charge in [-0.1, -0.05) is 36.7 Å². The molecule has 0 unspecified atom stereocenters. The minimum absolute atomic E-state index is 0.00629. The van der Waals surface area contributed by atoms with Gasteiger partial charge in [0.2, 0.25) is 10.0 Å². The van der Waals surface area contributed by atoms with E-state index in [9.17, 15) is 8.42 Å². The third kappa shape index (κ3) is 2.49. The highest BCUT2D eigenvalue weighted by Gasteiger charge is 2.37. The Bertz CT molecular complexity index is 566. The van der Waals surface area contributed by atoms with Gasteiger partial charge in [-0.3, -0.25) is 0 Å². The molecular formula is C13H18BrNO2S. The van der Waals surface area contributed by atoms with Crippen molar-refractivity contribution in [1.82, 2.24) is 4.31 Å². The van der Waals surface area contributed by atoms with Crippen LogP contribution in [0.3, 0.4) is 0 Å². The molecule has 100 valence electrons. The highest BCUT2D eigenvalue weighted by atomic mass is 79.9. The van der Waals surface area contributed by atoms with E-state index in [0.29, 0.717) is 18.0 Å². The molecule has 3 nitrogen and oxygen atoms in total. The lowest BCUT2D eigenvalue weighted by Crippen LogP contribution is -2.34. The monoisotopic (exact) mass is 331 g/mol. The SMILES string of the molecule is CCC(C)(C)CN1Cc2cc(Br)ccc2S1(=O)=O. The van der Waals surface area contributed by atoms with E-state index in [2.05, 4.69) is 36.7 Å². The Labute approximate surface area is 117 Å². The molecule has 0 bridgehead atoms. The molecule has 5 heteroatoms. The minimum Gasteiger partial charge on any atom is -0.207 e. The van der Waals surface area contributed by atoms with Crippen LogP contribution in [-0.4, -0.2) is 19.3 Å². The van der Waals surface area contributed by atoms with Crippen molar-refractivity contribution in [2.75, 3.05) is 6.54 Å². The fourth-order valence-electron chi connectivity index (χ4n) is 2.07. The van der Waals surface area contributed by atoms with Gasteiger partial charge in [-0.25, -0.2) is 8.42 Å². The average molecular weight is 332 g/mol. The van der Waals surface area contributed by atoms with E-state index in [-0.39, 0.29) is 5.41 Å². The Balaban J connectivity index is 2.35. The smallest absolute Gasteiger partial charge is 0.207 e. The molecule has 1 aliphatic heterocycles. The largest absolute Gasteiger partial charge is 0.243 e. The van der Waals surface area contributed by atoms with Crippen molar-refractivity contribution in [2.24, 2.45) is 5.41 Å². The van der Waals surface area contributed by atoms with Crippen LogP contribution in [-0.2, 0) is 16.6 Å². The van der Waals surface area contributed by atoms with Crippen molar-refractivity contribution >= 4 is 26.0 Å². The second-order valence-electron chi connectivity index (χ2n) is 5.54.